The molecule has 9 heteroatoms. The van der Waals surface area contributed by atoms with Gasteiger partial charge in [-0.05, 0) is 50.7 Å². The second-order valence-electron chi connectivity index (χ2n) is 7.64. The van der Waals surface area contributed by atoms with Crippen LogP contribution in [0.25, 0.3) is 0 Å². The van der Waals surface area contributed by atoms with E-state index in [2.05, 4.69) is 42.7 Å². The van der Waals surface area contributed by atoms with Crippen LogP contribution in [0.4, 0.5) is 0 Å². The molecule has 1 aliphatic rings. The number of aliphatic imine (C=N–C) groups is 1. The number of ether oxygens (including phenoxy) is 1. The minimum Gasteiger partial charge on any atom is -0.493 e. The van der Waals surface area contributed by atoms with Gasteiger partial charge in [-0.15, -0.1) is 24.0 Å². The summed E-state index contributed by atoms with van der Waals surface area (Å²) in [5.41, 5.74) is 2.25. The first-order valence-electron chi connectivity index (χ1n) is 10.5. The largest absolute Gasteiger partial charge is 0.493 e. The van der Waals surface area contributed by atoms with Crippen molar-refractivity contribution in [2.24, 2.45) is 10.9 Å². The van der Waals surface area contributed by atoms with Crippen LogP contribution < -0.4 is 15.4 Å². The van der Waals surface area contributed by atoms with Gasteiger partial charge in [0, 0.05) is 31.7 Å². The first-order valence-corrected chi connectivity index (χ1v) is 12.4. The van der Waals surface area contributed by atoms with Gasteiger partial charge in [-0.1, -0.05) is 19.1 Å². The number of hydrogen-bond donors (Lipinski definition) is 2. The number of piperidine rings is 1. The predicted octanol–water partition coefficient (Wildman–Crippen LogP) is 3.13. The smallest absolute Gasteiger partial charge is 0.211 e. The van der Waals surface area contributed by atoms with Gasteiger partial charge in [0.1, 0.15) is 5.75 Å². The number of aryl methyl sites for hydroxylation is 1. The Bertz CT molecular complexity index is 778. The fourth-order valence-corrected chi connectivity index (χ4v) is 4.20. The van der Waals surface area contributed by atoms with Gasteiger partial charge < -0.3 is 15.4 Å². The summed E-state index contributed by atoms with van der Waals surface area (Å²) in [4.78, 5) is 4.73. The maximum atomic E-state index is 11.6. The molecule has 1 aliphatic heterocycles. The minimum atomic E-state index is -3.08. The monoisotopic (exact) mass is 552 g/mol. The lowest BCUT2D eigenvalue weighted by atomic mass is 9.98. The Hall–Kier alpha value is -1.07. The Balaban J connectivity index is 0.00000450. The Labute approximate surface area is 199 Å². The van der Waals surface area contributed by atoms with Crippen LogP contribution in [-0.2, 0) is 16.6 Å². The Kier molecular flexibility index (Phi) is 12.0. The van der Waals surface area contributed by atoms with Gasteiger partial charge in [-0.25, -0.2) is 17.7 Å². The highest BCUT2D eigenvalue weighted by Gasteiger charge is 2.24. The number of nitrogens with zero attached hydrogens (tertiary/aromatic N) is 2. The molecule has 2 N–H and O–H groups in total. The van der Waals surface area contributed by atoms with Crippen molar-refractivity contribution >= 4 is 40.0 Å². The molecular weight excluding hydrogens is 515 g/mol. The number of hydrogen-bond acceptors (Lipinski definition) is 4. The molecule has 0 bridgehead atoms. The van der Waals surface area contributed by atoms with Crippen molar-refractivity contribution in [1.82, 2.24) is 14.9 Å². The van der Waals surface area contributed by atoms with E-state index in [4.69, 9.17) is 9.73 Å². The molecule has 172 valence electrons. The molecular formula is C21H37IN4O3S. The second-order valence-corrected chi connectivity index (χ2v) is 9.62. The van der Waals surface area contributed by atoms with E-state index in [-0.39, 0.29) is 24.0 Å². The molecule has 0 unspecified atom stereocenters. The summed E-state index contributed by atoms with van der Waals surface area (Å²) in [5.74, 6) is 2.12. The van der Waals surface area contributed by atoms with Gasteiger partial charge in [-0.3, -0.25) is 0 Å². The lowest BCUT2D eigenvalue weighted by molar-refractivity contribution is 0.275. The van der Waals surface area contributed by atoms with Gasteiger partial charge in [0.05, 0.1) is 19.4 Å². The zero-order chi connectivity index (χ0) is 21.3. The van der Waals surface area contributed by atoms with Crippen molar-refractivity contribution in [2.45, 2.75) is 46.6 Å². The third kappa shape index (κ3) is 8.97. The van der Waals surface area contributed by atoms with Gasteiger partial charge in [0.2, 0.25) is 10.0 Å². The van der Waals surface area contributed by atoms with Crippen LogP contribution >= 0.6 is 24.0 Å². The number of halogens is 1. The molecule has 0 aliphatic carbocycles. The van der Waals surface area contributed by atoms with Gasteiger partial charge >= 0.3 is 0 Å². The quantitative estimate of drug-likeness (QED) is 0.280. The zero-order valence-electron chi connectivity index (χ0n) is 18.6. The summed E-state index contributed by atoms with van der Waals surface area (Å²) in [6, 6.07) is 6.23. The van der Waals surface area contributed by atoms with Crippen LogP contribution in [0.2, 0.25) is 0 Å². The molecule has 0 spiro atoms. The highest BCUT2D eigenvalue weighted by molar-refractivity contribution is 14.0. The van der Waals surface area contributed by atoms with Crippen molar-refractivity contribution in [3.05, 3.63) is 29.3 Å². The Morgan fingerprint density at radius 1 is 1.23 bits per heavy atom. The highest BCUT2D eigenvalue weighted by atomic mass is 127. The van der Waals surface area contributed by atoms with E-state index in [1.165, 1.54) is 11.8 Å². The van der Waals surface area contributed by atoms with E-state index in [0.717, 1.165) is 49.6 Å². The highest BCUT2D eigenvalue weighted by Crippen LogP contribution is 2.22. The predicted molar refractivity (Wildman–Crippen MR) is 134 cm³/mol. The number of benzene rings is 1. The molecule has 1 aromatic rings. The third-order valence-corrected chi connectivity index (χ3v) is 6.34. The average Bonchev–Trinajstić information content (AvgIpc) is 2.69. The summed E-state index contributed by atoms with van der Waals surface area (Å²) in [5, 5.41) is 6.71. The Morgan fingerprint density at radius 3 is 2.53 bits per heavy atom. The molecule has 1 aromatic carbocycles. The van der Waals surface area contributed by atoms with Crippen LogP contribution in [0.3, 0.4) is 0 Å². The number of guanidine groups is 1. The maximum absolute atomic E-state index is 11.6. The minimum absolute atomic E-state index is 0. The van der Waals surface area contributed by atoms with Crippen molar-refractivity contribution < 1.29 is 13.2 Å². The van der Waals surface area contributed by atoms with E-state index in [1.807, 2.05) is 6.92 Å². The van der Waals surface area contributed by atoms with Crippen LogP contribution in [-0.4, -0.2) is 57.7 Å². The molecule has 0 amide bonds. The van der Waals surface area contributed by atoms with Crippen molar-refractivity contribution in [2.75, 3.05) is 39.0 Å². The normalized spacial score (nSPS) is 16.1. The van der Waals surface area contributed by atoms with Gasteiger partial charge in [-0.2, -0.15) is 0 Å². The van der Waals surface area contributed by atoms with Crippen LogP contribution in [0.1, 0.15) is 44.2 Å². The van der Waals surface area contributed by atoms with E-state index in [0.29, 0.717) is 32.2 Å². The molecule has 30 heavy (non-hydrogen) atoms. The van der Waals surface area contributed by atoms with Crippen molar-refractivity contribution in [3.63, 3.8) is 0 Å². The molecule has 2 rings (SSSR count). The first kappa shape index (κ1) is 27.0. The number of nitrogens with one attached hydrogen (secondary N) is 2. The van der Waals surface area contributed by atoms with Gasteiger partial charge in [0.25, 0.3) is 0 Å². The SMILES string of the molecule is CCCOc1cc(C)ccc1CN=C(NCC)NCC1CCN(S(C)(=O)=O)CC1.I. The van der Waals surface area contributed by atoms with Crippen LogP contribution in [0, 0.1) is 12.8 Å². The maximum Gasteiger partial charge on any atom is 0.211 e. The molecule has 0 atom stereocenters. The van der Waals surface area contributed by atoms with E-state index < -0.39 is 10.0 Å². The molecule has 7 nitrogen and oxygen atoms in total. The van der Waals surface area contributed by atoms with E-state index >= 15 is 0 Å². The summed E-state index contributed by atoms with van der Waals surface area (Å²) in [6.45, 7) is 10.2. The average molecular weight is 553 g/mol. The summed E-state index contributed by atoms with van der Waals surface area (Å²) < 4.78 is 30.8. The molecule has 1 fully saturated rings. The standard InChI is InChI=1S/C21H36N4O3S.HI/c1-5-13-28-20-14-17(3)7-8-19(20)16-24-21(22-6-2)23-15-18-9-11-25(12-10-18)29(4,26)27;/h7-8,14,18H,5-6,9-13,15-16H2,1-4H3,(H2,22,23,24);1H. The lowest BCUT2D eigenvalue weighted by Crippen LogP contribution is -2.44. The van der Waals surface area contributed by atoms with Crippen LogP contribution in [0.15, 0.2) is 23.2 Å². The topological polar surface area (TPSA) is 83.0 Å². The first-order chi connectivity index (χ1) is 13.8. The van der Waals surface area contributed by atoms with E-state index in [1.54, 1.807) is 4.31 Å². The lowest BCUT2D eigenvalue weighted by Gasteiger charge is -2.30. The summed E-state index contributed by atoms with van der Waals surface area (Å²) in [6.07, 6.45) is 3.99. The van der Waals surface area contributed by atoms with Crippen LogP contribution in [0.5, 0.6) is 5.75 Å². The molecule has 0 saturated carbocycles. The number of rotatable bonds is 9. The van der Waals surface area contributed by atoms with Gasteiger partial charge in [0.15, 0.2) is 5.96 Å². The summed E-state index contributed by atoms with van der Waals surface area (Å²) >= 11 is 0. The van der Waals surface area contributed by atoms with Crippen molar-refractivity contribution in [1.29, 1.82) is 0 Å². The molecule has 1 saturated heterocycles. The fraction of sp³-hybridized carbons (Fsp3) is 0.667. The van der Waals surface area contributed by atoms with Crippen molar-refractivity contribution in [3.8, 4) is 5.75 Å². The second kappa shape index (κ2) is 13.4. The van der Waals surface area contributed by atoms with E-state index in [9.17, 15) is 8.42 Å². The Morgan fingerprint density at radius 2 is 1.93 bits per heavy atom. The zero-order valence-corrected chi connectivity index (χ0v) is 21.8. The summed E-state index contributed by atoms with van der Waals surface area (Å²) in [7, 11) is -3.08. The fourth-order valence-electron chi connectivity index (χ4n) is 3.33. The number of sulfonamides is 1. The molecule has 0 aromatic heterocycles. The molecule has 1 heterocycles. The molecule has 0 radical (unpaired) electrons. The third-order valence-electron chi connectivity index (χ3n) is 5.04.